The first kappa shape index (κ1) is 11.7. The first-order chi connectivity index (χ1) is 5.08. The molecule has 0 spiro atoms. The molecule has 0 amide bonds. The molecule has 1 fully saturated rings. The molecule has 0 bridgehead atoms. The van der Waals surface area contributed by atoms with E-state index in [-0.39, 0.29) is 18.4 Å². The molecule has 0 unspecified atom stereocenters. The molecule has 72 valence electrons. The van der Waals surface area contributed by atoms with E-state index in [0.717, 1.165) is 0 Å². The zero-order valence-electron chi connectivity index (χ0n) is 7.16. The van der Waals surface area contributed by atoms with Crippen molar-refractivity contribution in [1.29, 1.82) is 0 Å². The monoisotopic (exact) mass is 195 g/mol. The van der Waals surface area contributed by atoms with Gasteiger partial charge in [-0.3, -0.25) is 10.1 Å². The van der Waals surface area contributed by atoms with E-state index in [2.05, 4.69) is 10.1 Å². The van der Waals surface area contributed by atoms with Crippen molar-refractivity contribution in [2.75, 3.05) is 13.7 Å². The van der Waals surface area contributed by atoms with Crippen molar-refractivity contribution in [3.05, 3.63) is 0 Å². The number of hydrogen-bond acceptors (Lipinski definition) is 4. The van der Waals surface area contributed by atoms with E-state index in [1.807, 2.05) is 0 Å². The first-order valence-electron chi connectivity index (χ1n) is 3.60. The normalized spacial score (nSPS) is 34.1. The maximum absolute atomic E-state index is 11.1. The molecule has 1 aliphatic rings. The number of aliphatic hydroxyl groups excluding tert-OH is 1. The molecule has 0 aromatic rings. The predicted octanol–water partition coefficient (Wildman–Crippen LogP) is -0.306. The number of carbonyl (C=O) groups excluding carboxylic acids is 1. The molecule has 4 nitrogen and oxygen atoms in total. The Balaban J connectivity index is 0.00000121. The van der Waals surface area contributed by atoms with Crippen LogP contribution in [0.2, 0.25) is 0 Å². The molecule has 2 N–H and O–H groups in total. The van der Waals surface area contributed by atoms with Gasteiger partial charge in [-0.2, -0.15) is 0 Å². The van der Waals surface area contributed by atoms with Crippen LogP contribution >= 0.6 is 12.4 Å². The summed E-state index contributed by atoms with van der Waals surface area (Å²) in [6.45, 7) is 2.20. The second-order valence-electron chi connectivity index (χ2n) is 3.06. The fraction of sp³-hybridized carbons (Fsp3) is 0.857. The van der Waals surface area contributed by atoms with Gasteiger partial charge in [0, 0.05) is 13.0 Å². The Morgan fingerprint density at radius 2 is 2.33 bits per heavy atom. The molecule has 0 radical (unpaired) electrons. The molecule has 1 aliphatic heterocycles. The lowest BCUT2D eigenvalue weighted by Gasteiger charge is -2.19. The zero-order valence-corrected chi connectivity index (χ0v) is 7.98. The fourth-order valence-corrected chi connectivity index (χ4v) is 1.34. The second kappa shape index (κ2) is 4.07. The van der Waals surface area contributed by atoms with Crippen LogP contribution in [-0.2, 0) is 9.53 Å². The van der Waals surface area contributed by atoms with E-state index < -0.39 is 11.6 Å². The van der Waals surface area contributed by atoms with Crippen LogP contribution in [-0.4, -0.2) is 36.4 Å². The van der Waals surface area contributed by atoms with Gasteiger partial charge in [-0.25, -0.2) is 0 Å². The number of β-amino-alcohol motifs (C(OH)–C–C–N with tert-alkyl or cyclic N) is 1. The van der Waals surface area contributed by atoms with E-state index >= 15 is 0 Å². The topological polar surface area (TPSA) is 58.6 Å². The number of methoxy groups -OCH3 is 1. The van der Waals surface area contributed by atoms with E-state index in [0.29, 0.717) is 13.0 Å². The standard InChI is InChI=1S/C7H13NO3.ClH/c1-7(6(10)11-2)3-5(9)4-8-7;/h5,8-9H,3-4H2,1-2H3;1H/t5-,7-;/m1./s1. The molecule has 0 aliphatic carbocycles. The van der Waals surface area contributed by atoms with E-state index in [9.17, 15) is 4.79 Å². The summed E-state index contributed by atoms with van der Waals surface area (Å²) < 4.78 is 4.57. The summed E-state index contributed by atoms with van der Waals surface area (Å²) in [5.41, 5.74) is -0.686. The molecular formula is C7H14ClNO3. The number of nitrogens with one attached hydrogen (secondary N) is 1. The van der Waals surface area contributed by atoms with Gasteiger partial charge in [-0.1, -0.05) is 0 Å². The Labute approximate surface area is 77.7 Å². The van der Waals surface area contributed by atoms with Crippen LogP contribution < -0.4 is 5.32 Å². The Morgan fingerprint density at radius 1 is 1.75 bits per heavy atom. The quantitative estimate of drug-likeness (QED) is 0.564. The highest BCUT2D eigenvalue weighted by Gasteiger charge is 2.41. The lowest BCUT2D eigenvalue weighted by molar-refractivity contribution is -0.147. The molecule has 1 rings (SSSR count). The first-order valence-corrected chi connectivity index (χ1v) is 3.60. The number of hydrogen-bond donors (Lipinski definition) is 2. The van der Waals surface area contributed by atoms with Gasteiger partial charge in [0.15, 0.2) is 0 Å². The molecule has 0 saturated carbocycles. The summed E-state index contributed by atoms with van der Waals surface area (Å²) in [5.74, 6) is -0.311. The third-order valence-corrected chi connectivity index (χ3v) is 2.01. The van der Waals surface area contributed by atoms with Gasteiger partial charge in [0.05, 0.1) is 13.2 Å². The van der Waals surface area contributed by atoms with E-state index in [4.69, 9.17) is 5.11 Å². The van der Waals surface area contributed by atoms with Gasteiger partial charge in [-0.15, -0.1) is 12.4 Å². The highest BCUT2D eigenvalue weighted by Crippen LogP contribution is 2.19. The third kappa shape index (κ3) is 2.09. The Kier molecular flexibility index (Phi) is 3.96. The summed E-state index contributed by atoms with van der Waals surface area (Å²) in [7, 11) is 1.35. The van der Waals surface area contributed by atoms with Gasteiger partial charge >= 0.3 is 5.97 Å². The summed E-state index contributed by atoms with van der Waals surface area (Å²) in [6, 6.07) is 0. The highest BCUT2D eigenvalue weighted by molar-refractivity contribution is 5.85. The van der Waals surface area contributed by atoms with Gasteiger partial charge < -0.3 is 9.84 Å². The van der Waals surface area contributed by atoms with Gasteiger partial charge in [0.1, 0.15) is 5.54 Å². The van der Waals surface area contributed by atoms with Crippen LogP contribution in [0.15, 0.2) is 0 Å². The minimum Gasteiger partial charge on any atom is -0.468 e. The lowest BCUT2D eigenvalue weighted by Crippen LogP contribution is -2.45. The second-order valence-corrected chi connectivity index (χ2v) is 3.06. The van der Waals surface area contributed by atoms with Crippen molar-refractivity contribution in [2.45, 2.75) is 25.0 Å². The van der Waals surface area contributed by atoms with Crippen LogP contribution in [0.3, 0.4) is 0 Å². The van der Waals surface area contributed by atoms with Crippen molar-refractivity contribution in [3.8, 4) is 0 Å². The molecule has 0 aromatic heterocycles. The maximum atomic E-state index is 11.1. The van der Waals surface area contributed by atoms with Crippen molar-refractivity contribution >= 4 is 18.4 Å². The average Bonchev–Trinajstić information content (AvgIpc) is 2.31. The molecular weight excluding hydrogens is 182 g/mol. The Hall–Kier alpha value is -0.320. The molecule has 0 aromatic carbocycles. The summed E-state index contributed by atoms with van der Waals surface area (Å²) in [6.07, 6.45) is -0.00116. The van der Waals surface area contributed by atoms with Crippen LogP contribution in [0.25, 0.3) is 0 Å². The summed E-state index contributed by atoms with van der Waals surface area (Å²) in [4.78, 5) is 11.1. The summed E-state index contributed by atoms with van der Waals surface area (Å²) in [5, 5.41) is 12.0. The largest absolute Gasteiger partial charge is 0.468 e. The number of aliphatic hydroxyl groups is 1. The maximum Gasteiger partial charge on any atom is 0.325 e. The van der Waals surface area contributed by atoms with Crippen LogP contribution in [0.1, 0.15) is 13.3 Å². The molecule has 2 atom stereocenters. The zero-order chi connectivity index (χ0) is 8.48. The van der Waals surface area contributed by atoms with Crippen LogP contribution in [0.5, 0.6) is 0 Å². The third-order valence-electron chi connectivity index (χ3n) is 2.01. The van der Waals surface area contributed by atoms with Gasteiger partial charge in [0.2, 0.25) is 0 Å². The fourth-order valence-electron chi connectivity index (χ4n) is 1.34. The number of halogens is 1. The smallest absolute Gasteiger partial charge is 0.325 e. The van der Waals surface area contributed by atoms with Crippen molar-refractivity contribution in [1.82, 2.24) is 5.32 Å². The average molecular weight is 196 g/mol. The van der Waals surface area contributed by atoms with Gasteiger partial charge in [0.25, 0.3) is 0 Å². The molecule has 5 heteroatoms. The SMILES string of the molecule is COC(=O)[C@@]1(C)C[C@@H](O)CN1.Cl. The Bertz CT molecular complexity index is 176. The lowest BCUT2D eigenvalue weighted by atomic mass is 10.00. The van der Waals surface area contributed by atoms with Crippen LogP contribution in [0.4, 0.5) is 0 Å². The minimum atomic E-state index is -0.686. The van der Waals surface area contributed by atoms with Crippen LogP contribution in [0, 0.1) is 0 Å². The molecule has 1 saturated heterocycles. The molecule has 12 heavy (non-hydrogen) atoms. The van der Waals surface area contributed by atoms with Crippen molar-refractivity contribution < 1.29 is 14.6 Å². The number of carbonyl (C=O) groups is 1. The van der Waals surface area contributed by atoms with E-state index in [1.54, 1.807) is 6.92 Å². The number of esters is 1. The number of ether oxygens (including phenoxy) is 1. The molecule has 1 heterocycles. The highest BCUT2D eigenvalue weighted by atomic mass is 35.5. The van der Waals surface area contributed by atoms with Gasteiger partial charge in [-0.05, 0) is 6.92 Å². The Morgan fingerprint density at radius 3 is 2.67 bits per heavy atom. The number of rotatable bonds is 1. The minimum absolute atomic E-state index is 0. The van der Waals surface area contributed by atoms with Crippen molar-refractivity contribution in [3.63, 3.8) is 0 Å². The van der Waals surface area contributed by atoms with E-state index in [1.165, 1.54) is 7.11 Å². The van der Waals surface area contributed by atoms with Crippen molar-refractivity contribution in [2.24, 2.45) is 0 Å². The predicted molar refractivity (Wildman–Crippen MR) is 46.3 cm³/mol. The summed E-state index contributed by atoms with van der Waals surface area (Å²) >= 11 is 0.